The van der Waals surface area contributed by atoms with E-state index < -0.39 is 17.7 Å². The van der Waals surface area contributed by atoms with Gasteiger partial charge in [-0.2, -0.15) is 0 Å². The summed E-state index contributed by atoms with van der Waals surface area (Å²) >= 11 is 1.42. The number of thiophene rings is 1. The Hall–Kier alpha value is -3.71. The second kappa shape index (κ2) is 9.29. The molecular weight excluding hydrogens is 374 g/mol. The molecule has 0 saturated heterocycles. The maximum atomic E-state index is 12.6. The number of carbonyl (C=O) groups excluding carboxylic acids is 3. The molecule has 6 nitrogen and oxygen atoms in total. The van der Waals surface area contributed by atoms with E-state index >= 15 is 0 Å². The van der Waals surface area contributed by atoms with E-state index in [1.807, 2.05) is 17.5 Å². The van der Waals surface area contributed by atoms with Crippen molar-refractivity contribution < 1.29 is 14.4 Å². The van der Waals surface area contributed by atoms with Gasteiger partial charge in [0.05, 0.1) is 0 Å². The largest absolute Gasteiger partial charge is 0.317 e. The second-order valence-corrected chi connectivity index (χ2v) is 6.65. The third kappa shape index (κ3) is 5.15. The van der Waals surface area contributed by atoms with Crippen molar-refractivity contribution in [1.29, 1.82) is 0 Å². The van der Waals surface area contributed by atoms with Gasteiger partial charge in [-0.25, -0.2) is 0 Å². The third-order valence-electron chi connectivity index (χ3n) is 3.68. The number of hydrazine groups is 1. The van der Waals surface area contributed by atoms with Gasteiger partial charge in [0.15, 0.2) is 0 Å². The van der Waals surface area contributed by atoms with E-state index in [4.69, 9.17) is 0 Å². The predicted octanol–water partition coefficient (Wildman–Crippen LogP) is 2.98. The average Bonchev–Trinajstić information content (AvgIpc) is 3.25. The monoisotopic (exact) mass is 391 g/mol. The molecule has 140 valence electrons. The van der Waals surface area contributed by atoms with Crippen LogP contribution in [0.2, 0.25) is 0 Å². The van der Waals surface area contributed by atoms with Crippen molar-refractivity contribution in [2.24, 2.45) is 0 Å². The number of hydrogen-bond acceptors (Lipinski definition) is 4. The first-order valence-corrected chi connectivity index (χ1v) is 9.29. The van der Waals surface area contributed by atoms with Crippen molar-refractivity contribution in [1.82, 2.24) is 16.2 Å². The van der Waals surface area contributed by atoms with E-state index in [2.05, 4.69) is 16.2 Å². The summed E-state index contributed by atoms with van der Waals surface area (Å²) in [4.78, 5) is 37.9. The SMILES string of the molecule is O=C(NNC(=O)c1ccccc1)C(=Cc1cccs1)NC(=O)c1ccccc1. The van der Waals surface area contributed by atoms with Gasteiger partial charge >= 0.3 is 0 Å². The minimum Gasteiger partial charge on any atom is -0.317 e. The van der Waals surface area contributed by atoms with Crippen LogP contribution < -0.4 is 16.2 Å². The first-order valence-electron chi connectivity index (χ1n) is 8.41. The van der Waals surface area contributed by atoms with Crippen LogP contribution in [-0.4, -0.2) is 17.7 Å². The van der Waals surface area contributed by atoms with E-state index in [9.17, 15) is 14.4 Å². The summed E-state index contributed by atoms with van der Waals surface area (Å²) in [5.74, 6) is -1.52. The topological polar surface area (TPSA) is 87.3 Å². The third-order valence-corrected chi connectivity index (χ3v) is 4.50. The van der Waals surface area contributed by atoms with Crippen LogP contribution in [-0.2, 0) is 4.79 Å². The molecule has 0 bridgehead atoms. The Labute approximate surface area is 165 Å². The van der Waals surface area contributed by atoms with Gasteiger partial charge in [-0.05, 0) is 41.8 Å². The molecular formula is C21H17N3O3S. The second-order valence-electron chi connectivity index (χ2n) is 5.67. The van der Waals surface area contributed by atoms with Gasteiger partial charge in [0.1, 0.15) is 5.70 Å². The van der Waals surface area contributed by atoms with Crippen LogP contribution in [0, 0.1) is 0 Å². The molecule has 1 heterocycles. The van der Waals surface area contributed by atoms with Crippen LogP contribution in [0.25, 0.3) is 6.08 Å². The van der Waals surface area contributed by atoms with Crippen LogP contribution >= 0.6 is 11.3 Å². The van der Waals surface area contributed by atoms with Gasteiger partial charge in [-0.1, -0.05) is 42.5 Å². The van der Waals surface area contributed by atoms with Gasteiger partial charge < -0.3 is 5.32 Å². The van der Waals surface area contributed by atoms with Gasteiger partial charge in [0.2, 0.25) is 0 Å². The summed E-state index contributed by atoms with van der Waals surface area (Å²) in [6.07, 6.45) is 1.55. The van der Waals surface area contributed by atoms with Crippen LogP contribution in [0.15, 0.2) is 83.9 Å². The summed E-state index contributed by atoms with van der Waals surface area (Å²) in [5, 5.41) is 4.46. The molecule has 7 heteroatoms. The smallest absolute Gasteiger partial charge is 0.286 e. The molecule has 0 aliphatic carbocycles. The molecule has 0 fully saturated rings. The van der Waals surface area contributed by atoms with Crippen molar-refractivity contribution in [3.63, 3.8) is 0 Å². The molecule has 1 aromatic heterocycles. The summed E-state index contributed by atoms with van der Waals surface area (Å²) in [5.41, 5.74) is 5.52. The minimum absolute atomic E-state index is 0.0182. The molecule has 3 rings (SSSR count). The predicted molar refractivity (Wildman–Crippen MR) is 108 cm³/mol. The lowest BCUT2D eigenvalue weighted by molar-refractivity contribution is -0.118. The number of rotatable bonds is 5. The zero-order valence-electron chi connectivity index (χ0n) is 14.7. The van der Waals surface area contributed by atoms with E-state index in [1.165, 1.54) is 11.3 Å². The zero-order valence-corrected chi connectivity index (χ0v) is 15.5. The quantitative estimate of drug-likeness (QED) is 0.462. The van der Waals surface area contributed by atoms with Gasteiger partial charge in [0, 0.05) is 16.0 Å². The van der Waals surface area contributed by atoms with Crippen molar-refractivity contribution in [3.05, 3.63) is 99.9 Å². The number of carbonyl (C=O) groups is 3. The van der Waals surface area contributed by atoms with E-state index in [0.717, 1.165) is 4.88 Å². The Kier molecular flexibility index (Phi) is 6.33. The lowest BCUT2D eigenvalue weighted by Crippen LogP contribution is -2.45. The molecule has 0 unspecified atom stereocenters. The fourth-order valence-corrected chi connectivity index (χ4v) is 2.96. The van der Waals surface area contributed by atoms with Gasteiger partial charge in [-0.3, -0.25) is 25.2 Å². The lowest BCUT2D eigenvalue weighted by atomic mass is 10.2. The molecule has 0 aliphatic heterocycles. The standard InChI is InChI=1S/C21H17N3O3S/c25-19(15-8-3-1-4-9-15)22-18(14-17-12-7-13-28-17)21(27)24-23-20(26)16-10-5-2-6-11-16/h1-14H,(H,22,25)(H,23,26)(H,24,27). The molecule has 0 saturated carbocycles. The molecule has 2 aromatic carbocycles. The first-order chi connectivity index (χ1) is 13.6. The van der Waals surface area contributed by atoms with Crippen molar-refractivity contribution >= 4 is 35.1 Å². The molecule has 28 heavy (non-hydrogen) atoms. The van der Waals surface area contributed by atoms with Crippen LogP contribution in [0.1, 0.15) is 25.6 Å². The Morgan fingerprint density at radius 2 is 1.32 bits per heavy atom. The van der Waals surface area contributed by atoms with Crippen molar-refractivity contribution in [2.75, 3.05) is 0 Å². The van der Waals surface area contributed by atoms with Crippen LogP contribution in [0.5, 0.6) is 0 Å². The summed E-state index contributed by atoms with van der Waals surface area (Å²) < 4.78 is 0. The van der Waals surface area contributed by atoms with E-state index in [1.54, 1.807) is 66.7 Å². The highest BCUT2D eigenvalue weighted by Crippen LogP contribution is 2.13. The fourth-order valence-electron chi connectivity index (χ4n) is 2.30. The van der Waals surface area contributed by atoms with Crippen LogP contribution in [0.3, 0.4) is 0 Å². The summed E-state index contributed by atoms with van der Waals surface area (Å²) in [6.45, 7) is 0. The number of nitrogens with one attached hydrogen (secondary N) is 3. The van der Waals surface area contributed by atoms with Crippen LogP contribution in [0.4, 0.5) is 0 Å². The van der Waals surface area contributed by atoms with Gasteiger partial charge in [-0.15, -0.1) is 11.3 Å². The molecule has 0 atom stereocenters. The number of benzene rings is 2. The zero-order chi connectivity index (χ0) is 19.8. The Bertz CT molecular complexity index is 984. The maximum Gasteiger partial charge on any atom is 0.286 e. The highest BCUT2D eigenvalue weighted by atomic mass is 32.1. The first kappa shape index (κ1) is 19.1. The Balaban J connectivity index is 1.72. The summed E-state index contributed by atoms with van der Waals surface area (Å²) in [6, 6.07) is 20.7. The molecule has 3 amide bonds. The van der Waals surface area contributed by atoms with Crippen molar-refractivity contribution in [2.45, 2.75) is 0 Å². The molecule has 3 N–H and O–H groups in total. The van der Waals surface area contributed by atoms with Crippen molar-refractivity contribution in [3.8, 4) is 0 Å². The van der Waals surface area contributed by atoms with E-state index in [0.29, 0.717) is 11.1 Å². The number of hydrogen-bond donors (Lipinski definition) is 3. The lowest BCUT2D eigenvalue weighted by Gasteiger charge is -2.12. The molecule has 0 radical (unpaired) electrons. The fraction of sp³-hybridized carbons (Fsp3) is 0. The highest BCUT2D eigenvalue weighted by molar-refractivity contribution is 7.10. The summed E-state index contributed by atoms with van der Waals surface area (Å²) in [7, 11) is 0. The molecule has 0 spiro atoms. The Morgan fingerprint density at radius 3 is 1.89 bits per heavy atom. The number of amides is 3. The maximum absolute atomic E-state index is 12.6. The van der Waals surface area contributed by atoms with Gasteiger partial charge in [0.25, 0.3) is 17.7 Å². The Morgan fingerprint density at radius 1 is 0.714 bits per heavy atom. The molecule has 0 aliphatic rings. The normalized spacial score (nSPS) is 10.8. The van der Waals surface area contributed by atoms with E-state index in [-0.39, 0.29) is 5.70 Å². The average molecular weight is 391 g/mol. The highest BCUT2D eigenvalue weighted by Gasteiger charge is 2.16. The minimum atomic E-state index is -0.637. The molecule has 3 aromatic rings.